The topological polar surface area (TPSA) is 80.3 Å². The van der Waals surface area contributed by atoms with Crippen molar-refractivity contribution in [2.45, 2.75) is 14.7 Å². The SMILES string of the molecule is O=S(=O)(Nc1cccc(-c2cccc(S(=O)(=O)c3ccccc3)c2)c1)c1ccccc1. The van der Waals surface area contributed by atoms with Crippen LogP contribution in [0.15, 0.2) is 124 Å². The Balaban J connectivity index is 1.67. The molecular weight excluding hydrogens is 430 g/mol. The molecule has 31 heavy (non-hydrogen) atoms. The summed E-state index contributed by atoms with van der Waals surface area (Å²) < 4.78 is 53.6. The van der Waals surface area contributed by atoms with Gasteiger partial charge in [0.25, 0.3) is 10.0 Å². The molecule has 0 atom stereocenters. The minimum absolute atomic E-state index is 0.163. The van der Waals surface area contributed by atoms with E-state index in [1.165, 1.54) is 12.1 Å². The Morgan fingerprint density at radius 1 is 0.484 bits per heavy atom. The number of hydrogen-bond acceptors (Lipinski definition) is 4. The van der Waals surface area contributed by atoms with E-state index < -0.39 is 19.9 Å². The fraction of sp³-hybridized carbons (Fsp3) is 0. The van der Waals surface area contributed by atoms with Crippen LogP contribution in [0.3, 0.4) is 0 Å². The van der Waals surface area contributed by atoms with Gasteiger partial charge in [-0.05, 0) is 59.7 Å². The fourth-order valence-electron chi connectivity index (χ4n) is 3.15. The Morgan fingerprint density at radius 2 is 1.00 bits per heavy atom. The highest BCUT2D eigenvalue weighted by atomic mass is 32.2. The lowest BCUT2D eigenvalue weighted by atomic mass is 10.1. The molecule has 0 aliphatic heterocycles. The largest absolute Gasteiger partial charge is 0.280 e. The quantitative estimate of drug-likeness (QED) is 0.450. The molecule has 0 fully saturated rings. The lowest BCUT2D eigenvalue weighted by Crippen LogP contribution is -2.12. The number of nitrogens with one attached hydrogen (secondary N) is 1. The van der Waals surface area contributed by atoms with Crippen molar-refractivity contribution in [3.63, 3.8) is 0 Å². The Bertz CT molecular complexity index is 1420. The Kier molecular flexibility index (Phi) is 5.63. The molecule has 7 heteroatoms. The van der Waals surface area contributed by atoms with Crippen LogP contribution in [0.5, 0.6) is 0 Å². The maximum atomic E-state index is 12.9. The summed E-state index contributed by atoms with van der Waals surface area (Å²) in [5.41, 5.74) is 1.74. The molecule has 0 aromatic heterocycles. The van der Waals surface area contributed by atoms with Gasteiger partial charge < -0.3 is 0 Å². The van der Waals surface area contributed by atoms with Crippen LogP contribution in [0.4, 0.5) is 5.69 Å². The molecule has 0 saturated carbocycles. The van der Waals surface area contributed by atoms with Gasteiger partial charge >= 0.3 is 0 Å². The molecule has 0 radical (unpaired) electrons. The second-order valence-electron chi connectivity index (χ2n) is 6.84. The van der Waals surface area contributed by atoms with Crippen molar-refractivity contribution in [3.8, 4) is 11.1 Å². The summed E-state index contributed by atoms with van der Waals surface area (Å²) in [7, 11) is -7.38. The highest BCUT2D eigenvalue weighted by molar-refractivity contribution is 7.92. The maximum Gasteiger partial charge on any atom is 0.261 e. The Labute approximate surface area is 182 Å². The monoisotopic (exact) mass is 449 g/mol. The van der Waals surface area contributed by atoms with E-state index in [1.54, 1.807) is 97.1 Å². The molecule has 0 saturated heterocycles. The van der Waals surface area contributed by atoms with Gasteiger partial charge in [-0.25, -0.2) is 16.8 Å². The zero-order valence-electron chi connectivity index (χ0n) is 16.3. The molecule has 156 valence electrons. The minimum atomic E-state index is -3.73. The molecule has 4 aromatic carbocycles. The Morgan fingerprint density at radius 3 is 1.65 bits per heavy atom. The van der Waals surface area contributed by atoms with Gasteiger partial charge in [0.15, 0.2) is 0 Å². The highest BCUT2D eigenvalue weighted by Crippen LogP contribution is 2.28. The van der Waals surface area contributed by atoms with Gasteiger partial charge in [0.05, 0.1) is 14.7 Å². The zero-order valence-corrected chi connectivity index (χ0v) is 18.0. The second kappa shape index (κ2) is 8.37. The fourth-order valence-corrected chi connectivity index (χ4v) is 5.55. The maximum absolute atomic E-state index is 12.9. The van der Waals surface area contributed by atoms with Gasteiger partial charge in [0, 0.05) is 5.69 Å². The standard InChI is InChI=1S/C24H19NO4S2/c26-30(27,22-12-3-1-4-13-22)24-16-8-10-20(18-24)19-9-7-11-21(17-19)25-31(28,29)23-14-5-2-6-15-23/h1-18,25H. The van der Waals surface area contributed by atoms with E-state index in [0.717, 1.165) is 0 Å². The third kappa shape index (κ3) is 4.52. The van der Waals surface area contributed by atoms with Crippen molar-refractivity contribution in [3.05, 3.63) is 109 Å². The summed E-state index contributed by atoms with van der Waals surface area (Å²) in [6.07, 6.45) is 0. The van der Waals surface area contributed by atoms with Gasteiger partial charge in [-0.2, -0.15) is 0 Å². The zero-order chi connectivity index (χ0) is 21.9. The van der Waals surface area contributed by atoms with Crippen LogP contribution in [-0.4, -0.2) is 16.8 Å². The summed E-state index contributed by atoms with van der Waals surface area (Å²) in [4.78, 5) is 0.555. The molecule has 0 heterocycles. The summed E-state index contributed by atoms with van der Waals surface area (Å²) in [6, 6.07) is 29.8. The van der Waals surface area contributed by atoms with Crippen molar-refractivity contribution < 1.29 is 16.8 Å². The molecule has 0 aliphatic carbocycles. The molecule has 0 spiro atoms. The number of hydrogen-bond donors (Lipinski definition) is 1. The molecule has 4 rings (SSSR count). The van der Waals surface area contributed by atoms with E-state index in [9.17, 15) is 16.8 Å². The molecule has 0 unspecified atom stereocenters. The number of anilines is 1. The van der Waals surface area contributed by atoms with Crippen LogP contribution in [-0.2, 0) is 19.9 Å². The van der Waals surface area contributed by atoms with E-state index in [1.807, 2.05) is 0 Å². The smallest absolute Gasteiger partial charge is 0.261 e. The van der Waals surface area contributed by atoms with Crippen LogP contribution in [0.25, 0.3) is 11.1 Å². The van der Waals surface area contributed by atoms with Crippen LogP contribution in [0, 0.1) is 0 Å². The van der Waals surface area contributed by atoms with Crippen LogP contribution >= 0.6 is 0 Å². The predicted molar refractivity (Wildman–Crippen MR) is 121 cm³/mol. The molecule has 1 N–H and O–H groups in total. The first kappa shape index (κ1) is 20.8. The minimum Gasteiger partial charge on any atom is -0.280 e. The summed E-state index contributed by atoms with van der Waals surface area (Å²) >= 11 is 0. The van der Waals surface area contributed by atoms with Crippen molar-refractivity contribution >= 4 is 25.5 Å². The van der Waals surface area contributed by atoms with E-state index in [0.29, 0.717) is 16.8 Å². The van der Waals surface area contributed by atoms with Gasteiger partial charge in [0.2, 0.25) is 9.84 Å². The molecule has 0 bridgehead atoms. The number of benzene rings is 4. The third-order valence-electron chi connectivity index (χ3n) is 4.70. The molecular formula is C24H19NO4S2. The van der Waals surface area contributed by atoms with Crippen LogP contribution in [0.2, 0.25) is 0 Å². The van der Waals surface area contributed by atoms with E-state index in [-0.39, 0.29) is 14.7 Å². The molecule has 4 aromatic rings. The van der Waals surface area contributed by atoms with Gasteiger partial charge in [-0.15, -0.1) is 0 Å². The van der Waals surface area contributed by atoms with E-state index in [4.69, 9.17) is 0 Å². The normalized spacial score (nSPS) is 11.7. The predicted octanol–water partition coefficient (Wildman–Crippen LogP) is 4.99. The first-order chi connectivity index (χ1) is 14.9. The number of sulfone groups is 1. The second-order valence-corrected chi connectivity index (χ2v) is 10.5. The summed E-state index contributed by atoms with van der Waals surface area (Å²) in [5, 5.41) is 0. The molecule has 0 aliphatic rings. The Hall–Kier alpha value is -3.42. The van der Waals surface area contributed by atoms with Crippen molar-refractivity contribution in [1.82, 2.24) is 0 Å². The number of rotatable bonds is 6. The lowest BCUT2D eigenvalue weighted by molar-refractivity contribution is 0.595. The third-order valence-corrected chi connectivity index (χ3v) is 7.86. The summed E-state index contributed by atoms with van der Waals surface area (Å²) in [5.74, 6) is 0. The average Bonchev–Trinajstić information content (AvgIpc) is 2.80. The van der Waals surface area contributed by atoms with Crippen molar-refractivity contribution in [2.75, 3.05) is 4.72 Å². The van der Waals surface area contributed by atoms with Gasteiger partial charge in [-0.1, -0.05) is 60.7 Å². The van der Waals surface area contributed by atoms with Gasteiger partial charge in [0.1, 0.15) is 0 Å². The van der Waals surface area contributed by atoms with Crippen LogP contribution in [0.1, 0.15) is 0 Å². The highest BCUT2D eigenvalue weighted by Gasteiger charge is 2.18. The summed E-state index contributed by atoms with van der Waals surface area (Å²) in [6.45, 7) is 0. The number of sulfonamides is 1. The van der Waals surface area contributed by atoms with Crippen molar-refractivity contribution in [1.29, 1.82) is 0 Å². The first-order valence-electron chi connectivity index (χ1n) is 9.45. The van der Waals surface area contributed by atoms with E-state index in [2.05, 4.69) is 4.72 Å². The van der Waals surface area contributed by atoms with Gasteiger partial charge in [-0.3, -0.25) is 4.72 Å². The van der Waals surface area contributed by atoms with E-state index >= 15 is 0 Å². The lowest BCUT2D eigenvalue weighted by Gasteiger charge is -2.11. The molecule has 5 nitrogen and oxygen atoms in total. The molecule has 0 amide bonds. The first-order valence-corrected chi connectivity index (χ1v) is 12.4. The van der Waals surface area contributed by atoms with Crippen molar-refractivity contribution in [2.24, 2.45) is 0 Å². The average molecular weight is 450 g/mol. The van der Waals surface area contributed by atoms with Crippen LogP contribution < -0.4 is 4.72 Å².